The van der Waals surface area contributed by atoms with Crippen LogP contribution < -0.4 is 15.4 Å². The first-order valence-corrected chi connectivity index (χ1v) is 8.02. The predicted octanol–water partition coefficient (Wildman–Crippen LogP) is 2.75. The monoisotopic (exact) mass is 318 g/mol. The van der Waals surface area contributed by atoms with Gasteiger partial charge in [0.1, 0.15) is 11.9 Å². The van der Waals surface area contributed by atoms with E-state index in [2.05, 4.69) is 22.8 Å². The average molecular weight is 318 g/mol. The van der Waals surface area contributed by atoms with Crippen LogP contribution in [0.3, 0.4) is 0 Å². The number of amides is 1. The maximum Gasteiger partial charge on any atom is 0.407 e. The molecule has 1 fully saturated rings. The number of carbonyl (C=O) groups is 1. The molecule has 0 aliphatic heterocycles. The van der Waals surface area contributed by atoms with Crippen LogP contribution in [-0.2, 0) is 4.74 Å². The molecule has 5 nitrogen and oxygen atoms in total. The van der Waals surface area contributed by atoms with Crippen molar-refractivity contribution in [2.75, 3.05) is 27.2 Å². The van der Waals surface area contributed by atoms with Gasteiger partial charge in [0.2, 0.25) is 0 Å². The average Bonchev–Trinajstić information content (AvgIpc) is 2.50. The molecule has 0 saturated heterocycles. The summed E-state index contributed by atoms with van der Waals surface area (Å²) in [6.45, 7) is 3.33. The highest BCUT2D eigenvalue weighted by Crippen LogP contribution is 2.39. The molecule has 1 aliphatic rings. The Hall–Kier alpha value is -2.01. The fourth-order valence-electron chi connectivity index (χ4n) is 2.71. The third-order valence-electron chi connectivity index (χ3n) is 4.11. The van der Waals surface area contributed by atoms with Crippen molar-refractivity contribution in [2.45, 2.75) is 31.8 Å². The van der Waals surface area contributed by atoms with Crippen molar-refractivity contribution in [3.05, 3.63) is 41.5 Å². The second-order valence-electron chi connectivity index (χ2n) is 5.83. The molecule has 126 valence electrons. The largest absolute Gasteiger partial charge is 0.496 e. The number of nitrogens with one attached hydrogen (secondary N) is 2. The molecule has 1 aliphatic carbocycles. The molecule has 0 spiro atoms. The molecule has 1 saturated carbocycles. The van der Waals surface area contributed by atoms with Crippen LogP contribution in [0, 0.1) is 6.92 Å². The van der Waals surface area contributed by atoms with E-state index in [1.807, 2.05) is 32.2 Å². The van der Waals surface area contributed by atoms with Crippen molar-refractivity contribution in [2.24, 2.45) is 0 Å². The summed E-state index contributed by atoms with van der Waals surface area (Å²) in [7, 11) is 3.56. The summed E-state index contributed by atoms with van der Waals surface area (Å²) in [6, 6.07) is 6.26. The quantitative estimate of drug-likeness (QED) is 0.759. The third kappa shape index (κ3) is 4.99. The number of alkyl carbamates (subject to hydrolysis) is 1. The lowest BCUT2D eigenvalue weighted by atomic mass is 9.77. The van der Waals surface area contributed by atoms with Gasteiger partial charge in [-0.25, -0.2) is 4.79 Å². The van der Waals surface area contributed by atoms with Gasteiger partial charge in [-0.2, -0.15) is 0 Å². The number of carbonyl (C=O) groups excluding carboxylic acids is 1. The van der Waals surface area contributed by atoms with Crippen LogP contribution in [0.2, 0.25) is 0 Å². The number of methoxy groups -OCH3 is 1. The summed E-state index contributed by atoms with van der Waals surface area (Å²) < 4.78 is 10.7. The van der Waals surface area contributed by atoms with Crippen LogP contribution in [0.4, 0.5) is 4.79 Å². The van der Waals surface area contributed by atoms with E-state index in [1.54, 1.807) is 7.11 Å². The Balaban J connectivity index is 1.70. The van der Waals surface area contributed by atoms with Crippen molar-refractivity contribution in [1.29, 1.82) is 0 Å². The Labute approximate surface area is 138 Å². The molecule has 0 unspecified atom stereocenters. The Morgan fingerprint density at radius 1 is 1.30 bits per heavy atom. The molecular weight excluding hydrogens is 292 g/mol. The normalized spacial score (nSPS) is 20.1. The van der Waals surface area contributed by atoms with Crippen LogP contribution in [0.5, 0.6) is 5.75 Å². The van der Waals surface area contributed by atoms with Gasteiger partial charge in [0.25, 0.3) is 0 Å². The van der Waals surface area contributed by atoms with Crippen LogP contribution in [0.25, 0.3) is 0 Å². The fraction of sp³-hybridized carbons (Fsp3) is 0.500. The van der Waals surface area contributed by atoms with Gasteiger partial charge in [-0.3, -0.25) is 0 Å². The lowest BCUT2D eigenvalue weighted by Crippen LogP contribution is -2.36. The number of hydrogen-bond acceptors (Lipinski definition) is 4. The summed E-state index contributed by atoms with van der Waals surface area (Å²) in [5.74, 6) is 1.37. The second-order valence-corrected chi connectivity index (χ2v) is 5.83. The molecule has 1 aromatic rings. The molecule has 23 heavy (non-hydrogen) atoms. The van der Waals surface area contributed by atoms with Crippen molar-refractivity contribution in [3.63, 3.8) is 0 Å². The molecule has 0 bridgehead atoms. The molecule has 1 amide bonds. The first-order chi connectivity index (χ1) is 11.1. The highest BCUT2D eigenvalue weighted by Gasteiger charge is 2.33. The second kappa shape index (κ2) is 8.58. The first kappa shape index (κ1) is 17.3. The molecular formula is C18H26N2O3. The van der Waals surface area contributed by atoms with E-state index in [1.165, 1.54) is 5.56 Å². The highest BCUT2D eigenvalue weighted by atomic mass is 16.6. The van der Waals surface area contributed by atoms with E-state index in [-0.39, 0.29) is 12.2 Å². The standard InChI is InChI=1S/C18H26N2O3/c1-13-10-14(6-7-17(13)22-3)15-11-16(12-15)23-18(21)20-9-5-4-8-19-2/h4-7,10,15-16,19H,8-9,11-12H2,1-3H3,(H,20,21)/b5-4+/t15-,16-. The molecule has 2 N–H and O–H groups in total. The highest BCUT2D eigenvalue weighted by molar-refractivity contribution is 5.67. The maximum atomic E-state index is 11.7. The van der Waals surface area contributed by atoms with Crippen molar-refractivity contribution < 1.29 is 14.3 Å². The van der Waals surface area contributed by atoms with Crippen molar-refractivity contribution >= 4 is 6.09 Å². The molecule has 0 aromatic heterocycles. The van der Waals surface area contributed by atoms with Crippen molar-refractivity contribution in [3.8, 4) is 5.75 Å². The molecule has 0 radical (unpaired) electrons. The van der Waals surface area contributed by atoms with E-state index >= 15 is 0 Å². The van der Waals surface area contributed by atoms with Gasteiger partial charge >= 0.3 is 6.09 Å². The number of ether oxygens (including phenoxy) is 2. The summed E-state index contributed by atoms with van der Waals surface area (Å²) in [4.78, 5) is 11.7. The summed E-state index contributed by atoms with van der Waals surface area (Å²) in [5.41, 5.74) is 2.43. The van der Waals surface area contributed by atoms with Crippen molar-refractivity contribution in [1.82, 2.24) is 10.6 Å². The summed E-state index contributed by atoms with van der Waals surface area (Å²) in [5, 5.41) is 5.73. The lowest BCUT2D eigenvalue weighted by Gasteiger charge is -2.35. The third-order valence-corrected chi connectivity index (χ3v) is 4.11. The molecule has 1 aromatic carbocycles. The van der Waals surface area contributed by atoms with E-state index in [0.717, 1.165) is 30.7 Å². The molecule has 0 heterocycles. The minimum absolute atomic E-state index is 0.0173. The van der Waals surface area contributed by atoms with Crippen LogP contribution in [0.15, 0.2) is 30.4 Å². The van der Waals surface area contributed by atoms with Gasteiger partial charge in [0, 0.05) is 13.1 Å². The minimum atomic E-state index is -0.339. The smallest absolute Gasteiger partial charge is 0.407 e. The van der Waals surface area contributed by atoms with E-state index in [4.69, 9.17) is 9.47 Å². The van der Waals surface area contributed by atoms with Gasteiger partial charge in [-0.1, -0.05) is 24.3 Å². The SMILES string of the molecule is CNC/C=C/CNC(=O)O[C@H]1C[C@H](c2ccc(OC)c(C)c2)C1. The molecule has 2 rings (SSSR count). The van der Waals surface area contributed by atoms with Gasteiger partial charge in [-0.15, -0.1) is 0 Å². The van der Waals surface area contributed by atoms with E-state index in [9.17, 15) is 4.79 Å². The first-order valence-electron chi connectivity index (χ1n) is 8.02. The number of benzene rings is 1. The lowest BCUT2D eigenvalue weighted by molar-refractivity contribution is 0.0400. The van der Waals surface area contributed by atoms with Gasteiger partial charge in [0.15, 0.2) is 0 Å². The number of aryl methyl sites for hydroxylation is 1. The zero-order valence-corrected chi connectivity index (χ0v) is 14.1. The zero-order chi connectivity index (χ0) is 16.7. The number of likely N-dealkylation sites (N-methyl/N-ethyl adjacent to an activating group) is 1. The van der Waals surface area contributed by atoms with Gasteiger partial charge in [-0.05, 0) is 49.9 Å². The molecule has 5 heteroatoms. The Morgan fingerprint density at radius 3 is 2.70 bits per heavy atom. The Kier molecular flexibility index (Phi) is 6.47. The Morgan fingerprint density at radius 2 is 2.04 bits per heavy atom. The zero-order valence-electron chi connectivity index (χ0n) is 14.1. The number of rotatable bonds is 7. The number of hydrogen-bond donors (Lipinski definition) is 2. The molecule has 0 atom stereocenters. The fourth-order valence-corrected chi connectivity index (χ4v) is 2.71. The van der Waals surface area contributed by atoms with E-state index < -0.39 is 0 Å². The van der Waals surface area contributed by atoms with Gasteiger partial charge < -0.3 is 20.1 Å². The summed E-state index contributed by atoms with van der Waals surface area (Å²) in [6.07, 6.45) is 5.31. The minimum Gasteiger partial charge on any atom is -0.496 e. The Bertz CT molecular complexity index is 551. The van der Waals surface area contributed by atoms with Crippen LogP contribution >= 0.6 is 0 Å². The maximum absolute atomic E-state index is 11.7. The topological polar surface area (TPSA) is 59.6 Å². The summed E-state index contributed by atoms with van der Waals surface area (Å²) >= 11 is 0. The van der Waals surface area contributed by atoms with Crippen LogP contribution in [-0.4, -0.2) is 39.4 Å². The van der Waals surface area contributed by atoms with Gasteiger partial charge in [0.05, 0.1) is 7.11 Å². The predicted molar refractivity (Wildman–Crippen MR) is 91.0 cm³/mol. The van der Waals surface area contributed by atoms with E-state index in [0.29, 0.717) is 12.5 Å². The van der Waals surface area contributed by atoms with Crippen LogP contribution in [0.1, 0.15) is 29.9 Å².